The minimum Gasteiger partial charge on any atom is -0.392 e. The molecule has 9 nitrogen and oxygen atoms in total. The summed E-state index contributed by atoms with van der Waals surface area (Å²) < 4.78 is 15.0. The quantitative estimate of drug-likeness (QED) is 0.146. The van der Waals surface area contributed by atoms with E-state index in [1.807, 2.05) is 90.5 Å². The number of aromatic nitrogens is 3. The average Bonchev–Trinajstić information content (AvgIpc) is 3.53. The van der Waals surface area contributed by atoms with Crippen LogP contribution >= 0.6 is 11.8 Å². The number of hydrogen-bond donors (Lipinski definition) is 3. The number of carbonyl (C=O) groups excluding carboxylic acids is 1. The number of nitrogens with zero attached hydrogens (tertiary/aromatic N) is 3. The average molecular weight is 636 g/mol. The third-order valence-corrected chi connectivity index (χ3v) is 9.02. The smallest absolute Gasteiger partial charge is 0.315 e. The molecule has 0 aliphatic carbocycles. The molecular weight excluding hydrogens is 598 g/mol. The van der Waals surface area contributed by atoms with Gasteiger partial charge in [0, 0.05) is 37.9 Å². The van der Waals surface area contributed by atoms with Gasteiger partial charge in [-0.1, -0.05) is 103 Å². The topological polar surface area (TPSA) is 111 Å². The molecule has 4 aromatic carbocycles. The Morgan fingerprint density at radius 2 is 1.57 bits per heavy atom. The number of aliphatic hydroxyl groups excluding tert-OH is 1. The van der Waals surface area contributed by atoms with Gasteiger partial charge in [-0.05, 0) is 45.5 Å². The van der Waals surface area contributed by atoms with Crippen LogP contribution in [0.3, 0.4) is 0 Å². The normalized spacial score (nSPS) is 17.8. The summed E-state index contributed by atoms with van der Waals surface area (Å²) >= 11 is 1.61. The van der Waals surface area contributed by atoms with E-state index in [0.29, 0.717) is 25.3 Å². The molecule has 1 aliphatic rings. The van der Waals surface area contributed by atoms with Crippen LogP contribution in [0.15, 0.2) is 115 Å². The van der Waals surface area contributed by atoms with Gasteiger partial charge < -0.3 is 29.8 Å². The molecule has 1 saturated heterocycles. The lowest BCUT2D eigenvalue weighted by atomic mass is 9.99. The number of thioether (sulfide) groups is 1. The van der Waals surface area contributed by atoms with Gasteiger partial charge in [-0.15, -0.1) is 10.2 Å². The number of ether oxygens (including phenoxy) is 2. The number of aryl methyl sites for hydroxylation is 1. The van der Waals surface area contributed by atoms with E-state index in [1.165, 1.54) is 0 Å². The lowest BCUT2D eigenvalue weighted by molar-refractivity contribution is -0.245. The van der Waals surface area contributed by atoms with Crippen LogP contribution in [0.1, 0.15) is 46.6 Å². The van der Waals surface area contributed by atoms with Crippen molar-refractivity contribution in [2.45, 2.75) is 49.8 Å². The first-order valence-electron chi connectivity index (χ1n) is 15.3. The van der Waals surface area contributed by atoms with Crippen molar-refractivity contribution in [3.05, 3.63) is 137 Å². The predicted molar refractivity (Wildman–Crippen MR) is 178 cm³/mol. The number of aliphatic hydroxyl groups is 1. The molecule has 1 fully saturated rings. The summed E-state index contributed by atoms with van der Waals surface area (Å²) in [6, 6.07) is 33.9. The van der Waals surface area contributed by atoms with Crippen molar-refractivity contribution < 1.29 is 19.4 Å². The molecule has 46 heavy (non-hydrogen) atoms. The Kier molecular flexibility index (Phi) is 10.4. The molecule has 236 valence electrons. The summed E-state index contributed by atoms with van der Waals surface area (Å²) in [6.07, 6.45) is 1.54. The van der Waals surface area contributed by atoms with Crippen LogP contribution in [-0.2, 0) is 36.2 Å². The fourth-order valence-corrected chi connectivity index (χ4v) is 6.25. The standard InChI is InChI=1S/C36H37N5O4S/c1-41-24-39-40-36(41)46-23-32-19-33(28-15-13-26(22-42)14-16-28)45-34(44-32)31-12-6-11-30(18-31)29-10-5-9-27(17-29)21-38-35(43)37-20-25-7-3-2-4-8-25/h2-18,24,32-34,42H,19-23H2,1H3,(H2,37,38,43)/t32-,33+,34+/m0/s1. The lowest BCUT2D eigenvalue weighted by Gasteiger charge is -2.36. The summed E-state index contributed by atoms with van der Waals surface area (Å²) in [5.74, 6) is 0.700. The van der Waals surface area contributed by atoms with Gasteiger partial charge in [0.25, 0.3) is 0 Å². The minimum absolute atomic E-state index is 0.0000155. The molecule has 3 atom stereocenters. The van der Waals surface area contributed by atoms with E-state index in [1.54, 1.807) is 18.1 Å². The van der Waals surface area contributed by atoms with Gasteiger partial charge in [-0.3, -0.25) is 0 Å². The van der Waals surface area contributed by atoms with Gasteiger partial charge in [-0.2, -0.15) is 0 Å². The van der Waals surface area contributed by atoms with Crippen LogP contribution < -0.4 is 10.6 Å². The van der Waals surface area contributed by atoms with Crippen LogP contribution in [0.2, 0.25) is 0 Å². The minimum atomic E-state index is -0.570. The van der Waals surface area contributed by atoms with Gasteiger partial charge >= 0.3 is 6.03 Å². The van der Waals surface area contributed by atoms with Crippen LogP contribution in [0.4, 0.5) is 4.79 Å². The highest BCUT2D eigenvalue weighted by Crippen LogP contribution is 2.40. The van der Waals surface area contributed by atoms with Crippen LogP contribution in [-0.4, -0.2) is 37.8 Å². The fourth-order valence-electron chi connectivity index (χ4n) is 5.34. The van der Waals surface area contributed by atoms with Crippen LogP contribution in [0.25, 0.3) is 11.1 Å². The van der Waals surface area contributed by atoms with Crippen LogP contribution in [0, 0.1) is 0 Å². The van der Waals surface area contributed by atoms with Crippen molar-refractivity contribution in [3.63, 3.8) is 0 Å². The molecule has 10 heteroatoms. The molecule has 6 rings (SSSR count). The van der Waals surface area contributed by atoms with E-state index < -0.39 is 6.29 Å². The predicted octanol–water partition coefficient (Wildman–Crippen LogP) is 6.31. The maximum absolute atomic E-state index is 12.4. The maximum atomic E-state index is 12.4. The lowest BCUT2D eigenvalue weighted by Crippen LogP contribution is -2.34. The Balaban J connectivity index is 1.15. The molecule has 1 aromatic heterocycles. The molecule has 0 unspecified atom stereocenters. The van der Waals surface area contributed by atoms with E-state index in [0.717, 1.165) is 44.1 Å². The molecule has 3 N–H and O–H groups in total. The highest BCUT2D eigenvalue weighted by atomic mass is 32.2. The van der Waals surface area contributed by atoms with E-state index >= 15 is 0 Å². The second-order valence-electron chi connectivity index (χ2n) is 11.2. The van der Waals surface area contributed by atoms with Crippen molar-refractivity contribution in [3.8, 4) is 11.1 Å². The van der Waals surface area contributed by atoms with Gasteiger partial charge in [-0.25, -0.2) is 4.79 Å². The van der Waals surface area contributed by atoms with Gasteiger partial charge in [0.1, 0.15) is 6.33 Å². The molecule has 0 spiro atoms. The highest BCUT2D eigenvalue weighted by Gasteiger charge is 2.32. The van der Waals surface area contributed by atoms with Crippen LogP contribution in [0.5, 0.6) is 0 Å². The number of amides is 2. The molecule has 1 aliphatic heterocycles. The van der Waals surface area contributed by atoms with E-state index in [9.17, 15) is 9.90 Å². The molecule has 2 heterocycles. The Bertz CT molecular complexity index is 1730. The summed E-state index contributed by atoms with van der Waals surface area (Å²) in [6.45, 7) is 0.879. The van der Waals surface area contributed by atoms with E-state index in [4.69, 9.17) is 9.47 Å². The second kappa shape index (κ2) is 15.2. The Labute approximate surface area is 273 Å². The Morgan fingerprint density at radius 1 is 0.848 bits per heavy atom. The number of carbonyl (C=O) groups is 1. The largest absolute Gasteiger partial charge is 0.392 e. The Morgan fingerprint density at radius 3 is 2.30 bits per heavy atom. The molecule has 0 saturated carbocycles. The van der Waals surface area contributed by atoms with E-state index in [-0.39, 0.29) is 24.8 Å². The summed E-state index contributed by atoms with van der Waals surface area (Å²) in [4.78, 5) is 12.4. The zero-order valence-corrected chi connectivity index (χ0v) is 26.4. The van der Waals surface area contributed by atoms with Gasteiger partial charge in [0.2, 0.25) is 0 Å². The van der Waals surface area contributed by atoms with Crippen molar-refractivity contribution in [2.24, 2.45) is 7.05 Å². The highest BCUT2D eigenvalue weighted by molar-refractivity contribution is 7.99. The molecule has 2 amide bonds. The SMILES string of the molecule is Cn1cnnc1SC[C@@H]1C[C@H](c2ccc(CO)cc2)O[C@H](c2cccc(-c3cccc(CNC(=O)NCc4ccccc4)c3)c2)O1. The third-order valence-electron chi connectivity index (χ3n) is 7.85. The second-order valence-corrected chi connectivity index (χ2v) is 12.2. The first-order valence-corrected chi connectivity index (χ1v) is 16.2. The van der Waals surface area contributed by atoms with E-state index in [2.05, 4.69) is 45.1 Å². The number of urea groups is 1. The third kappa shape index (κ3) is 8.21. The first-order chi connectivity index (χ1) is 22.5. The number of benzene rings is 4. The molecule has 0 bridgehead atoms. The zero-order chi connectivity index (χ0) is 31.7. The number of nitrogens with one attached hydrogen (secondary N) is 2. The molecule has 5 aromatic rings. The molecular formula is C36H37N5O4S. The van der Waals surface area contributed by atoms with Gasteiger partial charge in [0.05, 0.1) is 18.8 Å². The number of rotatable bonds is 11. The summed E-state index contributed by atoms with van der Waals surface area (Å²) in [5.41, 5.74) is 6.93. The maximum Gasteiger partial charge on any atom is 0.315 e. The zero-order valence-electron chi connectivity index (χ0n) is 25.6. The first kappa shape index (κ1) is 31.5. The Hall–Kier alpha value is -4.48. The van der Waals surface area contributed by atoms with Crippen molar-refractivity contribution in [2.75, 3.05) is 5.75 Å². The van der Waals surface area contributed by atoms with Gasteiger partial charge in [0.15, 0.2) is 11.4 Å². The van der Waals surface area contributed by atoms with Crippen molar-refractivity contribution >= 4 is 17.8 Å². The fraction of sp³-hybridized carbons (Fsp3) is 0.250. The number of hydrogen-bond acceptors (Lipinski definition) is 7. The summed E-state index contributed by atoms with van der Waals surface area (Å²) in [7, 11) is 1.93. The van der Waals surface area contributed by atoms with Crippen molar-refractivity contribution in [1.29, 1.82) is 0 Å². The molecule has 0 radical (unpaired) electrons. The summed E-state index contributed by atoms with van der Waals surface area (Å²) in [5, 5.41) is 24.4. The monoisotopic (exact) mass is 635 g/mol. The van der Waals surface area contributed by atoms with Crippen molar-refractivity contribution in [1.82, 2.24) is 25.4 Å².